The van der Waals surface area contributed by atoms with E-state index in [2.05, 4.69) is 20.8 Å². The molecule has 1 unspecified atom stereocenters. The lowest BCUT2D eigenvalue weighted by Crippen LogP contribution is -2.31. The van der Waals surface area contributed by atoms with Crippen molar-refractivity contribution in [1.82, 2.24) is 20.1 Å². The van der Waals surface area contributed by atoms with Gasteiger partial charge in [0.25, 0.3) is 0 Å². The minimum Gasteiger partial charge on any atom is -0.489 e. The molecule has 0 spiro atoms. The first kappa shape index (κ1) is 22.4. The van der Waals surface area contributed by atoms with Crippen LogP contribution in [-0.4, -0.2) is 46.5 Å². The Kier molecular flexibility index (Phi) is 6.61. The molecule has 4 rings (SSSR count). The van der Waals surface area contributed by atoms with Crippen molar-refractivity contribution in [2.45, 2.75) is 31.5 Å². The van der Waals surface area contributed by atoms with Crippen molar-refractivity contribution in [2.75, 3.05) is 30.5 Å². The van der Waals surface area contributed by atoms with Gasteiger partial charge >= 0.3 is 5.97 Å². The minimum absolute atomic E-state index is 0.0909. The fourth-order valence-corrected chi connectivity index (χ4v) is 3.90. The second-order valence-electron chi connectivity index (χ2n) is 7.94. The number of pyridine rings is 1. The highest BCUT2D eigenvalue weighted by molar-refractivity contribution is 5.76. The fraction of sp³-hybridized carbons (Fsp3) is 0.318. The van der Waals surface area contributed by atoms with Crippen molar-refractivity contribution in [1.29, 1.82) is 0 Å². The fourth-order valence-electron chi connectivity index (χ4n) is 3.90. The number of esters is 1. The molecule has 8 N–H and O–H groups in total. The molecular weight excluding hydrogens is 424 g/mol. The average molecular weight is 453 g/mol. The number of nitrogens with two attached hydrogens (primary N) is 3. The Labute approximate surface area is 191 Å². The molecule has 2 aromatic heterocycles. The number of rotatable bonds is 8. The molecule has 33 heavy (non-hydrogen) atoms. The summed E-state index contributed by atoms with van der Waals surface area (Å²) in [6, 6.07) is 9.25. The summed E-state index contributed by atoms with van der Waals surface area (Å²) in [7, 11) is 1.39. The number of hydrazine groups is 1. The molecule has 1 aliphatic heterocycles. The van der Waals surface area contributed by atoms with Gasteiger partial charge in [0.2, 0.25) is 0 Å². The van der Waals surface area contributed by atoms with E-state index in [4.69, 9.17) is 26.8 Å². The monoisotopic (exact) mass is 452 g/mol. The number of hydrogen-bond donors (Lipinski definition) is 5. The normalized spacial score (nSPS) is 17.6. The highest BCUT2D eigenvalue weighted by Crippen LogP contribution is 2.25. The van der Waals surface area contributed by atoms with Gasteiger partial charge in [0, 0.05) is 25.6 Å². The summed E-state index contributed by atoms with van der Waals surface area (Å²) in [6.07, 6.45) is 4.78. The van der Waals surface area contributed by atoms with Crippen molar-refractivity contribution in [3.63, 3.8) is 0 Å². The molecule has 3 aromatic rings. The predicted molar refractivity (Wildman–Crippen MR) is 124 cm³/mol. The molecular formula is C22H28N8O3. The molecule has 0 aliphatic carbocycles. The van der Waals surface area contributed by atoms with Crippen LogP contribution in [0, 0.1) is 0 Å². The van der Waals surface area contributed by atoms with Crippen LogP contribution in [0.15, 0.2) is 42.7 Å². The van der Waals surface area contributed by atoms with E-state index in [9.17, 15) is 4.79 Å². The van der Waals surface area contributed by atoms with Gasteiger partial charge in [-0.05, 0) is 34.9 Å². The Morgan fingerprint density at radius 1 is 1.30 bits per heavy atom. The molecule has 1 fully saturated rings. The molecule has 0 amide bonds. The van der Waals surface area contributed by atoms with Crippen LogP contribution in [0.2, 0.25) is 0 Å². The van der Waals surface area contributed by atoms with Crippen LogP contribution in [-0.2, 0) is 22.5 Å². The van der Waals surface area contributed by atoms with E-state index in [1.54, 1.807) is 12.3 Å². The highest BCUT2D eigenvalue weighted by Gasteiger charge is 2.31. The minimum atomic E-state index is -0.327. The Balaban J connectivity index is 1.39. The zero-order chi connectivity index (χ0) is 23.4. The number of anilines is 3. The third-order valence-electron chi connectivity index (χ3n) is 5.50. The van der Waals surface area contributed by atoms with Crippen molar-refractivity contribution in [3.05, 3.63) is 59.4 Å². The molecule has 0 saturated carbocycles. The first-order valence-electron chi connectivity index (χ1n) is 10.5. The summed E-state index contributed by atoms with van der Waals surface area (Å²) in [5.41, 5.74) is 17.7. The Bertz CT molecular complexity index is 1130. The maximum absolute atomic E-state index is 11.7. The molecule has 0 bridgehead atoms. The van der Waals surface area contributed by atoms with Crippen molar-refractivity contribution in [3.8, 4) is 5.75 Å². The molecule has 1 aliphatic rings. The van der Waals surface area contributed by atoms with Gasteiger partial charge in [-0.15, -0.1) is 0 Å². The Morgan fingerprint density at radius 2 is 2.15 bits per heavy atom. The highest BCUT2D eigenvalue weighted by atomic mass is 16.5. The van der Waals surface area contributed by atoms with E-state index >= 15 is 0 Å². The summed E-state index contributed by atoms with van der Waals surface area (Å²) in [4.78, 5) is 15.8. The van der Waals surface area contributed by atoms with E-state index in [0.717, 1.165) is 22.4 Å². The van der Waals surface area contributed by atoms with Gasteiger partial charge < -0.3 is 31.7 Å². The van der Waals surface area contributed by atoms with E-state index < -0.39 is 0 Å². The van der Waals surface area contributed by atoms with Gasteiger partial charge in [-0.3, -0.25) is 9.48 Å². The zero-order valence-corrected chi connectivity index (χ0v) is 18.3. The number of aromatic nitrogens is 3. The summed E-state index contributed by atoms with van der Waals surface area (Å²) < 4.78 is 12.7. The van der Waals surface area contributed by atoms with Gasteiger partial charge in [0.1, 0.15) is 23.7 Å². The second-order valence-corrected chi connectivity index (χ2v) is 7.94. The first-order valence-corrected chi connectivity index (χ1v) is 10.5. The second kappa shape index (κ2) is 9.76. The van der Waals surface area contributed by atoms with Crippen LogP contribution in [0.3, 0.4) is 0 Å². The number of nitrogens with one attached hydrogen (secondary N) is 2. The van der Waals surface area contributed by atoms with Gasteiger partial charge in [-0.25, -0.2) is 10.8 Å². The molecule has 2 atom stereocenters. The van der Waals surface area contributed by atoms with Gasteiger partial charge in [-0.2, -0.15) is 5.10 Å². The van der Waals surface area contributed by atoms with Gasteiger partial charge in [0.05, 0.1) is 25.5 Å². The first-order chi connectivity index (χ1) is 15.9. The standard InChI is InChI=1S/C22H28N8O3/c1-32-22(31)18-8-17(10-26-18)33-16-4-2-3-13(6-16)11-30-12-14(9-27-30)5-15-7-19(23)28-21(29-25)20(15)24/h2-4,6-7,9,12,17-18,26H,5,8,10-11,24-25H2,1H3,(H3,23,28,29)/t17-,18?/m1/s1. The zero-order valence-electron chi connectivity index (χ0n) is 18.3. The van der Waals surface area contributed by atoms with Crippen molar-refractivity contribution < 1.29 is 14.3 Å². The third-order valence-corrected chi connectivity index (χ3v) is 5.50. The molecule has 11 heteroatoms. The van der Waals surface area contributed by atoms with Crippen molar-refractivity contribution >= 4 is 23.3 Å². The summed E-state index contributed by atoms with van der Waals surface area (Å²) >= 11 is 0. The van der Waals surface area contributed by atoms with E-state index in [1.807, 2.05) is 35.1 Å². The van der Waals surface area contributed by atoms with Crippen LogP contribution < -0.4 is 32.8 Å². The Hall–Kier alpha value is -3.83. The van der Waals surface area contributed by atoms with Crippen LogP contribution in [0.25, 0.3) is 0 Å². The molecule has 3 heterocycles. The summed E-state index contributed by atoms with van der Waals surface area (Å²) in [6.45, 7) is 1.17. The molecule has 1 aromatic carbocycles. The molecule has 1 saturated heterocycles. The maximum atomic E-state index is 11.7. The van der Waals surface area contributed by atoms with E-state index in [1.165, 1.54) is 7.11 Å². The SMILES string of the molecule is COC(=O)C1C[C@@H](Oc2cccc(Cn3cc(Cc4cc(N)nc(NN)c4N)cn3)c2)CN1. The number of nitrogens with zero attached hydrogens (tertiary/aromatic N) is 3. The Morgan fingerprint density at radius 3 is 2.94 bits per heavy atom. The topological polar surface area (TPSA) is 168 Å². The lowest BCUT2D eigenvalue weighted by molar-refractivity contribution is -0.142. The maximum Gasteiger partial charge on any atom is 0.323 e. The summed E-state index contributed by atoms with van der Waals surface area (Å²) in [5, 5.41) is 7.58. The summed E-state index contributed by atoms with van der Waals surface area (Å²) in [5.74, 6) is 6.64. The molecule has 174 valence electrons. The van der Waals surface area contributed by atoms with E-state index in [0.29, 0.717) is 43.3 Å². The van der Waals surface area contributed by atoms with Crippen LogP contribution in [0.1, 0.15) is 23.1 Å². The van der Waals surface area contributed by atoms with Crippen LogP contribution in [0.4, 0.5) is 17.3 Å². The number of hydrogen-bond acceptors (Lipinski definition) is 10. The number of nitrogen functional groups attached to an aromatic ring is 3. The largest absolute Gasteiger partial charge is 0.489 e. The van der Waals surface area contributed by atoms with Crippen molar-refractivity contribution in [2.24, 2.45) is 5.84 Å². The van der Waals surface area contributed by atoms with Gasteiger partial charge in [-0.1, -0.05) is 12.1 Å². The van der Waals surface area contributed by atoms with E-state index in [-0.39, 0.29) is 18.1 Å². The third kappa shape index (κ3) is 5.33. The van der Waals surface area contributed by atoms with Crippen LogP contribution in [0.5, 0.6) is 5.75 Å². The number of benzene rings is 1. The average Bonchev–Trinajstić information content (AvgIpc) is 3.45. The molecule has 11 nitrogen and oxygen atoms in total. The number of carbonyl (C=O) groups excluding carboxylic acids is 1. The van der Waals surface area contributed by atoms with Crippen LogP contribution >= 0.6 is 0 Å². The molecule has 0 radical (unpaired) electrons. The predicted octanol–water partition coefficient (Wildman–Crippen LogP) is 0.650. The number of carbonyl (C=O) groups is 1. The number of ether oxygens (including phenoxy) is 2. The lowest BCUT2D eigenvalue weighted by atomic mass is 10.1. The quantitative estimate of drug-likeness (QED) is 0.186. The number of methoxy groups -OCH3 is 1. The lowest BCUT2D eigenvalue weighted by Gasteiger charge is -2.14. The smallest absolute Gasteiger partial charge is 0.323 e. The van der Waals surface area contributed by atoms with Gasteiger partial charge in [0.15, 0.2) is 5.82 Å².